The minimum absolute atomic E-state index is 0.0141. The molecular weight excluding hydrogens is 260 g/mol. The molecule has 0 aromatic carbocycles. The Labute approximate surface area is 117 Å². The van der Waals surface area contributed by atoms with Gasteiger partial charge < -0.3 is 15.7 Å². The van der Waals surface area contributed by atoms with Gasteiger partial charge in [-0.15, -0.1) is 0 Å². The second kappa shape index (κ2) is 6.07. The average Bonchev–Trinajstić information content (AvgIpc) is 3.02. The Bertz CT molecular complexity index is 446. The maximum Gasteiger partial charge on any atom is 0.307 e. The molecule has 0 aromatic rings. The van der Waals surface area contributed by atoms with Crippen LogP contribution in [0, 0.1) is 23.7 Å². The average molecular weight is 280 g/mol. The molecule has 2 unspecified atom stereocenters. The minimum atomic E-state index is -0.933. The van der Waals surface area contributed by atoms with Crippen molar-refractivity contribution in [3.05, 3.63) is 12.2 Å². The number of hydrogen-bond donors (Lipinski definition) is 3. The number of fused-ring (bicyclic) bond motifs is 2. The topological polar surface area (TPSA) is 95.5 Å². The van der Waals surface area contributed by atoms with Crippen molar-refractivity contribution < 1.29 is 19.5 Å². The summed E-state index contributed by atoms with van der Waals surface area (Å²) in [6.45, 7) is 2.42. The number of aliphatic carboxylic acids is 1. The highest BCUT2D eigenvalue weighted by atomic mass is 16.4. The Morgan fingerprint density at radius 2 is 1.80 bits per heavy atom. The van der Waals surface area contributed by atoms with E-state index in [9.17, 15) is 19.5 Å². The molecule has 0 heterocycles. The number of carboxylic acids is 1. The van der Waals surface area contributed by atoms with Crippen molar-refractivity contribution in [1.82, 2.24) is 10.6 Å². The summed E-state index contributed by atoms with van der Waals surface area (Å²) in [4.78, 5) is 34.9. The molecule has 1 fully saturated rings. The molecule has 0 spiro atoms. The maximum atomic E-state index is 12.1. The Kier molecular flexibility index (Phi) is 4.42. The molecule has 1 saturated carbocycles. The predicted molar refractivity (Wildman–Crippen MR) is 71.7 cm³/mol. The van der Waals surface area contributed by atoms with E-state index in [0.29, 0.717) is 6.54 Å². The Morgan fingerprint density at radius 1 is 1.15 bits per heavy atom. The minimum Gasteiger partial charge on any atom is -0.481 e. The first-order valence-corrected chi connectivity index (χ1v) is 7.00. The van der Waals surface area contributed by atoms with Gasteiger partial charge in [0, 0.05) is 6.54 Å². The fourth-order valence-electron chi connectivity index (χ4n) is 3.13. The van der Waals surface area contributed by atoms with Gasteiger partial charge in [0.1, 0.15) is 0 Å². The second-order valence-electron chi connectivity index (χ2n) is 5.41. The predicted octanol–water partition coefficient (Wildman–Crippen LogP) is 0.152. The van der Waals surface area contributed by atoms with Crippen LogP contribution < -0.4 is 10.6 Å². The molecule has 0 aromatic heterocycles. The third-order valence-electron chi connectivity index (χ3n) is 4.04. The molecule has 110 valence electrons. The van der Waals surface area contributed by atoms with E-state index in [1.165, 1.54) is 0 Å². The Hall–Kier alpha value is -1.85. The molecule has 0 aliphatic heterocycles. The summed E-state index contributed by atoms with van der Waals surface area (Å²) in [5, 5.41) is 14.5. The summed E-state index contributed by atoms with van der Waals surface area (Å²) in [6, 6.07) is 0. The van der Waals surface area contributed by atoms with E-state index in [4.69, 9.17) is 0 Å². The summed E-state index contributed by atoms with van der Waals surface area (Å²) in [7, 11) is 0. The van der Waals surface area contributed by atoms with Crippen molar-refractivity contribution in [2.24, 2.45) is 23.7 Å². The first-order valence-electron chi connectivity index (χ1n) is 7.00. The number of hydrogen-bond acceptors (Lipinski definition) is 3. The van der Waals surface area contributed by atoms with Crippen molar-refractivity contribution in [1.29, 1.82) is 0 Å². The van der Waals surface area contributed by atoms with Crippen LogP contribution in [0.5, 0.6) is 0 Å². The quantitative estimate of drug-likeness (QED) is 0.604. The Balaban J connectivity index is 1.90. The van der Waals surface area contributed by atoms with Crippen molar-refractivity contribution in [3.8, 4) is 0 Å². The number of nitrogens with one attached hydrogen (secondary N) is 2. The fraction of sp³-hybridized carbons (Fsp3) is 0.643. The van der Waals surface area contributed by atoms with Crippen LogP contribution in [0.15, 0.2) is 12.2 Å². The third-order valence-corrected chi connectivity index (χ3v) is 4.04. The van der Waals surface area contributed by atoms with Gasteiger partial charge in [-0.1, -0.05) is 19.1 Å². The van der Waals surface area contributed by atoms with Crippen LogP contribution in [0.3, 0.4) is 0 Å². The lowest BCUT2D eigenvalue weighted by molar-refractivity contribution is -0.147. The largest absolute Gasteiger partial charge is 0.481 e. The number of carbonyl (C=O) groups is 3. The monoisotopic (exact) mass is 280 g/mol. The normalized spacial score (nSPS) is 30.2. The van der Waals surface area contributed by atoms with E-state index in [-0.39, 0.29) is 30.2 Å². The van der Waals surface area contributed by atoms with Gasteiger partial charge >= 0.3 is 5.97 Å². The van der Waals surface area contributed by atoms with Crippen LogP contribution >= 0.6 is 0 Å². The van der Waals surface area contributed by atoms with Crippen molar-refractivity contribution in [2.75, 3.05) is 13.1 Å². The lowest BCUT2D eigenvalue weighted by Crippen LogP contribution is -2.44. The van der Waals surface area contributed by atoms with Crippen LogP contribution in [-0.2, 0) is 14.4 Å². The van der Waals surface area contributed by atoms with Crippen molar-refractivity contribution in [2.45, 2.75) is 19.8 Å². The van der Waals surface area contributed by atoms with Crippen LogP contribution in [0.2, 0.25) is 0 Å². The molecule has 20 heavy (non-hydrogen) atoms. The smallest absolute Gasteiger partial charge is 0.307 e. The van der Waals surface area contributed by atoms with E-state index in [2.05, 4.69) is 10.6 Å². The Morgan fingerprint density at radius 3 is 2.40 bits per heavy atom. The van der Waals surface area contributed by atoms with Crippen molar-refractivity contribution >= 4 is 17.8 Å². The molecule has 6 nitrogen and oxygen atoms in total. The van der Waals surface area contributed by atoms with Crippen LogP contribution in [0.1, 0.15) is 19.8 Å². The zero-order valence-corrected chi connectivity index (χ0v) is 11.5. The summed E-state index contributed by atoms with van der Waals surface area (Å²) >= 11 is 0. The zero-order chi connectivity index (χ0) is 14.7. The molecular formula is C14H20N2O4. The first-order chi connectivity index (χ1) is 9.54. The molecule has 2 amide bonds. The lowest BCUT2D eigenvalue weighted by atomic mass is 9.82. The summed E-state index contributed by atoms with van der Waals surface area (Å²) in [5.74, 6) is -2.80. The van der Waals surface area contributed by atoms with E-state index in [1.807, 2.05) is 19.1 Å². The highest BCUT2D eigenvalue weighted by Gasteiger charge is 2.51. The summed E-state index contributed by atoms with van der Waals surface area (Å²) in [5.41, 5.74) is 0. The molecule has 3 N–H and O–H groups in total. The SMILES string of the molecule is CCCNC(=O)CNC(=O)[C@H]1C2C=CC(C2)[C@H]1C(=O)O. The number of carboxylic acid groups (broad SMARTS) is 1. The van der Waals surface area contributed by atoms with E-state index in [0.717, 1.165) is 12.8 Å². The number of amides is 2. The molecule has 4 atom stereocenters. The van der Waals surface area contributed by atoms with Gasteiger partial charge in [-0.25, -0.2) is 0 Å². The summed E-state index contributed by atoms with van der Waals surface area (Å²) in [6.07, 6.45) is 5.36. The van der Waals surface area contributed by atoms with E-state index < -0.39 is 17.8 Å². The molecule has 2 aliphatic carbocycles. The molecule has 2 aliphatic rings. The number of rotatable bonds is 6. The third kappa shape index (κ3) is 2.84. The van der Waals surface area contributed by atoms with Crippen molar-refractivity contribution in [3.63, 3.8) is 0 Å². The van der Waals surface area contributed by atoms with E-state index >= 15 is 0 Å². The number of allylic oxidation sites excluding steroid dienone is 2. The van der Waals surface area contributed by atoms with Gasteiger partial charge in [0.25, 0.3) is 0 Å². The highest BCUT2D eigenvalue weighted by molar-refractivity contribution is 5.89. The first kappa shape index (κ1) is 14.6. The van der Waals surface area contributed by atoms with Crippen LogP contribution in [0.25, 0.3) is 0 Å². The van der Waals surface area contributed by atoms with Gasteiger partial charge in [0.05, 0.1) is 18.4 Å². The fourth-order valence-corrected chi connectivity index (χ4v) is 3.13. The molecule has 2 rings (SSSR count). The highest BCUT2D eigenvalue weighted by Crippen LogP contribution is 2.48. The van der Waals surface area contributed by atoms with Crippen LogP contribution in [-0.4, -0.2) is 36.0 Å². The molecule has 0 radical (unpaired) electrons. The molecule has 0 saturated heterocycles. The van der Waals surface area contributed by atoms with Gasteiger partial charge in [-0.3, -0.25) is 14.4 Å². The van der Waals surface area contributed by atoms with Gasteiger partial charge in [0.2, 0.25) is 11.8 Å². The standard InChI is InChI=1S/C14H20N2O4/c1-2-5-15-10(17)7-16-13(18)11-8-3-4-9(6-8)12(11)14(19)20/h3-4,8-9,11-12H,2,5-7H2,1H3,(H,15,17)(H,16,18)(H,19,20)/t8?,9?,11-,12+/m0/s1. The molecule has 6 heteroatoms. The second-order valence-corrected chi connectivity index (χ2v) is 5.41. The zero-order valence-electron chi connectivity index (χ0n) is 11.5. The maximum absolute atomic E-state index is 12.1. The number of carbonyl (C=O) groups excluding carboxylic acids is 2. The van der Waals surface area contributed by atoms with Gasteiger partial charge in [-0.05, 0) is 24.7 Å². The molecule has 2 bridgehead atoms. The van der Waals surface area contributed by atoms with E-state index in [1.54, 1.807) is 0 Å². The summed E-state index contributed by atoms with van der Waals surface area (Å²) < 4.78 is 0. The van der Waals surface area contributed by atoms with Gasteiger partial charge in [-0.2, -0.15) is 0 Å². The van der Waals surface area contributed by atoms with Gasteiger partial charge in [0.15, 0.2) is 0 Å². The lowest BCUT2D eigenvalue weighted by Gasteiger charge is -2.23. The van der Waals surface area contributed by atoms with Crippen LogP contribution in [0.4, 0.5) is 0 Å².